The van der Waals surface area contributed by atoms with Crippen molar-refractivity contribution in [3.05, 3.63) is 65.2 Å². The van der Waals surface area contributed by atoms with Crippen molar-refractivity contribution in [1.82, 2.24) is 4.90 Å². The zero-order valence-corrected chi connectivity index (χ0v) is 12.3. The molecule has 108 valence electrons. The standard InChI is InChI=1S/C19H22N2/c20-16-7-10-18-15(12-16)6-11-19(18)21(17-8-9-17)13-14-4-2-1-3-5-14/h1-5,7,10,12,17,19H,6,8-9,11,13,20H2. The summed E-state index contributed by atoms with van der Waals surface area (Å²) in [7, 11) is 0. The molecule has 0 amide bonds. The minimum atomic E-state index is 0.577. The van der Waals surface area contributed by atoms with Gasteiger partial charge in [0.2, 0.25) is 0 Å². The highest BCUT2D eigenvalue weighted by molar-refractivity contribution is 5.48. The molecule has 0 saturated heterocycles. The number of nitrogens with two attached hydrogens (primary N) is 1. The summed E-state index contributed by atoms with van der Waals surface area (Å²) in [6.45, 7) is 1.07. The van der Waals surface area contributed by atoms with E-state index >= 15 is 0 Å². The molecule has 1 unspecified atom stereocenters. The van der Waals surface area contributed by atoms with Crippen molar-refractivity contribution >= 4 is 5.69 Å². The monoisotopic (exact) mass is 278 g/mol. The van der Waals surface area contributed by atoms with E-state index in [1.54, 1.807) is 0 Å². The van der Waals surface area contributed by atoms with Gasteiger partial charge in [-0.3, -0.25) is 4.90 Å². The highest BCUT2D eigenvalue weighted by atomic mass is 15.2. The lowest BCUT2D eigenvalue weighted by atomic mass is 10.0. The van der Waals surface area contributed by atoms with Crippen molar-refractivity contribution in [3.8, 4) is 0 Å². The number of hydrogen-bond acceptors (Lipinski definition) is 2. The van der Waals surface area contributed by atoms with Crippen molar-refractivity contribution in [2.24, 2.45) is 0 Å². The zero-order valence-electron chi connectivity index (χ0n) is 12.3. The van der Waals surface area contributed by atoms with E-state index in [2.05, 4.69) is 53.4 Å². The van der Waals surface area contributed by atoms with Crippen LogP contribution in [0.2, 0.25) is 0 Å². The van der Waals surface area contributed by atoms with E-state index in [0.717, 1.165) is 18.3 Å². The summed E-state index contributed by atoms with van der Waals surface area (Å²) in [5.41, 5.74) is 11.2. The fourth-order valence-electron chi connectivity index (χ4n) is 3.65. The predicted molar refractivity (Wildman–Crippen MR) is 86.9 cm³/mol. The van der Waals surface area contributed by atoms with E-state index < -0.39 is 0 Å². The Morgan fingerprint density at radius 1 is 1.00 bits per heavy atom. The van der Waals surface area contributed by atoms with Gasteiger partial charge >= 0.3 is 0 Å². The van der Waals surface area contributed by atoms with Gasteiger partial charge in [0.15, 0.2) is 0 Å². The molecular formula is C19H22N2. The summed E-state index contributed by atoms with van der Waals surface area (Å²) >= 11 is 0. The average Bonchev–Trinajstić information content (AvgIpc) is 3.26. The first kappa shape index (κ1) is 12.9. The Morgan fingerprint density at radius 3 is 2.57 bits per heavy atom. The van der Waals surface area contributed by atoms with Gasteiger partial charge in [-0.05, 0) is 54.5 Å². The third-order valence-corrected chi connectivity index (χ3v) is 4.84. The molecule has 0 heterocycles. The van der Waals surface area contributed by atoms with Crippen LogP contribution in [0.4, 0.5) is 5.69 Å². The molecule has 1 fully saturated rings. The molecule has 1 atom stereocenters. The Morgan fingerprint density at radius 2 is 1.81 bits per heavy atom. The third-order valence-electron chi connectivity index (χ3n) is 4.84. The predicted octanol–water partition coefficient (Wildman–Crippen LogP) is 3.92. The van der Waals surface area contributed by atoms with Crippen molar-refractivity contribution < 1.29 is 0 Å². The maximum absolute atomic E-state index is 5.93. The van der Waals surface area contributed by atoms with E-state index in [0.29, 0.717) is 6.04 Å². The largest absolute Gasteiger partial charge is 0.399 e. The summed E-state index contributed by atoms with van der Waals surface area (Å²) in [6, 6.07) is 18.7. The van der Waals surface area contributed by atoms with Crippen molar-refractivity contribution in [2.45, 2.75) is 44.3 Å². The lowest BCUT2D eigenvalue weighted by Crippen LogP contribution is -2.29. The van der Waals surface area contributed by atoms with Crippen molar-refractivity contribution in [1.29, 1.82) is 0 Å². The fourth-order valence-corrected chi connectivity index (χ4v) is 3.65. The van der Waals surface area contributed by atoms with Gasteiger partial charge in [-0.1, -0.05) is 36.4 Å². The maximum atomic E-state index is 5.93. The highest BCUT2D eigenvalue weighted by Crippen LogP contribution is 2.43. The van der Waals surface area contributed by atoms with Crippen LogP contribution in [-0.2, 0) is 13.0 Å². The molecule has 0 radical (unpaired) electrons. The molecule has 2 heteroatoms. The first-order chi connectivity index (χ1) is 10.3. The van der Waals surface area contributed by atoms with Gasteiger partial charge < -0.3 is 5.73 Å². The third kappa shape index (κ3) is 2.56. The van der Waals surface area contributed by atoms with Crippen LogP contribution >= 0.6 is 0 Å². The molecule has 0 bridgehead atoms. The quantitative estimate of drug-likeness (QED) is 0.859. The second-order valence-electron chi connectivity index (χ2n) is 6.40. The number of aryl methyl sites for hydroxylation is 1. The van der Waals surface area contributed by atoms with E-state index in [9.17, 15) is 0 Å². The SMILES string of the molecule is Nc1ccc2c(c1)CCC2N(Cc1ccccc1)C1CC1. The summed E-state index contributed by atoms with van der Waals surface area (Å²) in [5.74, 6) is 0. The Labute approximate surface area is 126 Å². The molecule has 2 aliphatic carbocycles. The lowest BCUT2D eigenvalue weighted by molar-refractivity contribution is 0.177. The second kappa shape index (κ2) is 5.19. The molecule has 4 rings (SSSR count). The number of anilines is 1. The van der Waals surface area contributed by atoms with Crippen molar-refractivity contribution in [3.63, 3.8) is 0 Å². The number of fused-ring (bicyclic) bond motifs is 1. The Balaban J connectivity index is 1.61. The maximum Gasteiger partial charge on any atom is 0.0360 e. The molecule has 0 aliphatic heterocycles. The first-order valence-corrected chi connectivity index (χ1v) is 7.99. The second-order valence-corrected chi connectivity index (χ2v) is 6.40. The Bertz CT molecular complexity index is 631. The fraction of sp³-hybridized carbons (Fsp3) is 0.368. The van der Waals surface area contributed by atoms with Crippen LogP contribution in [0.1, 0.15) is 42.0 Å². The molecule has 0 spiro atoms. The smallest absolute Gasteiger partial charge is 0.0360 e. The Hall–Kier alpha value is -1.80. The molecule has 2 aromatic rings. The molecule has 2 aliphatic rings. The number of hydrogen-bond donors (Lipinski definition) is 1. The Kier molecular flexibility index (Phi) is 3.19. The van der Waals surface area contributed by atoms with Crippen LogP contribution in [0.3, 0.4) is 0 Å². The van der Waals surface area contributed by atoms with Crippen LogP contribution in [0.15, 0.2) is 48.5 Å². The summed E-state index contributed by atoms with van der Waals surface area (Å²) in [6.07, 6.45) is 5.12. The van der Waals surface area contributed by atoms with E-state index in [1.165, 1.54) is 42.4 Å². The summed E-state index contributed by atoms with van der Waals surface area (Å²) in [4.78, 5) is 2.72. The summed E-state index contributed by atoms with van der Waals surface area (Å²) in [5, 5.41) is 0. The van der Waals surface area contributed by atoms with Gasteiger partial charge in [0.05, 0.1) is 0 Å². The minimum absolute atomic E-state index is 0.577. The van der Waals surface area contributed by atoms with Gasteiger partial charge in [0, 0.05) is 24.3 Å². The number of nitrogens with zero attached hydrogens (tertiary/aromatic N) is 1. The number of nitrogen functional groups attached to an aromatic ring is 1. The van der Waals surface area contributed by atoms with Crippen LogP contribution in [0, 0.1) is 0 Å². The van der Waals surface area contributed by atoms with Crippen LogP contribution in [0.5, 0.6) is 0 Å². The van der Waals surface area contributed by atoms with Crippen LogP contribution < -0.4 is 5.73 Å². The lowest BCUT2D eigenvalue weighted by Gasteiger charge is -2.30. The van der Waals surface area contributed by atoms with Crippen LogP contribution in [-0.4, -0.2) is 10.9 Å². The highest BCUT2D eigenvalue weighted by Gasteiger charge is 2.37. The minimum Gasteiger partial charge on any atom is -0.399 e. The summed E-state index contributed by atoms with van der Waals surface area (Å²) < 4.78 is 0. The van der Waals surface area contributed by atoms with E-state index in [1.807, 2.05) is 0 Å². The van der Waals surface area contributed by atoms with Crippen LogP contribution in [0.25, 0.3) is 0 Å². The van der Waals surface area contributed by atoms with Gasteiger partial charge in [0.25, 0.3) is 0 Å². The number of benzene rings is 2. The molecule has 2 nitrogen and oxygen atoms in total. The van der Waals surface area contributed by atoms with Gasteiger partial charge in [-0.15, -0.1) is 0 Å². The normalized spacial score (nSPS) is 20.7. The molecule has 21 heavy (non-hydrogen) atoms. The van der Waals surface area contributed by atoms with Gasteiger partial charge in [-0.25, -0.2) is 0 Å². The molecule has 2 N–H and O–H groups in total. The number of rotatable bonds is 4. The average molecular weight is 278 g/mol. The van der Waals surface area contributed by atoms with E-state index in [-0.39, 0.29) is 0 Å². The first-order valence-electron chi connectivity index (χ1n) is 7.99. The molecule has 1 saturated carbocycles. The van der Waals surface area contributed by atoms with Gasteiger partial charge in [0.1, 0.15) is 0 Å². The molecule has 2 aromatic carbocycles. The molecule has 0 aromatic heterocycles. The topological polar surface area (TPSA) is 29.3 Å². The van der Waals surface area contributed by atoms with Crippen molar-refractivity contribution in [2.75, 3.05) is 5.73 Å². The van der Waals surface area contributed by atoms with E-state index in [4.69, 9.17) is 5.73 Å². The zero-order chi connectivity index (χ0) is 14.2. The van der Waals surface area contributed by atoms with Gasteiger partial charge in [-0.2, -0.15) is 0 Å². The molecular weight excluding hydrogens is 256 g/mol.